The zero-order valence-corrected chi connectivity index (χ0v) is 77.3. The first-order valence-corrected chi connectivity index (χ1v) is 46.1. The van der Waals surface area contributed by atoms with Crippen LogP contribution in [0, 0.1) is 24.6 Å². The molecule has 36 nitrogen and oxygen atoms in total. The summed E-state index contributed by atoms with van der Waals surface area (Å²) >= 11 is 0.991. The number of nitrogens with zero attached hydrogens (tertiary/aromatic N) is 5. The van der Waals surface area contributed by atoms with Crippen molar-refractivity contribution in [3.8, 4) is 5.75 Å². The number of primary amides is 1. The number of aromatic amines is 1. The summed E-state index contributed by atoms with van der Waals surface area (Å²) in [6.07, 6.45) is -0.505. The third-order valence-electron chi connectivity index (χ3n) is 23.9. The molecule has 5 aromatic carbocycles. The minimum absolute atomic E-state index is 0.00556. The lowest BCUT2D eigenvalue weighted by Gasteiger charge is -2.38. The maximum atomic E-state index is 15.7. The van der Waals surface area contributed by atoms with Crippen molar-refractivity contribution in [1.29, 1.82) is 0 Å². The quantitative estimate of drug-likeness (QED) is 0.0260. The van der Waals surface area contributed by atoms with E-state index < -0.39 is 210 Å². The third kappa shape index (κ3) is 30.3. The van der Waals surface area contributed by atoms with Crippen molar-refractivity contribution < 1.29 is 101 Å². The van der Waals surface area contributed by atoms with Crippen molar-refractivity contribution in [2.45, 2.75) is 223 Å². The molecule has 13 atom stereocenters. The van der Waals surface area contributed by atoms with Gasteiger partial charge < -0.3 is 97.8 Å². The molecule has 1 unspecified atom stereocenters. The van der Waals surface area contributed by atoms with E-state index in [2.05, 4.69) is 52.8 Å². The number of ether oxygens (including phenoxy) is 1. The summed E-state index contributed by atoms with van der Waals surface area (Å²) in [5.41, 5.74) is 9.28. The van der Waals surface area contributed by atoms with Gasteiger partial charge in [0.25, 0.3) is 0 Å². The summed E-state index contributed by atoms with van der Waals surface area (Å²) < 4.78 is 20.5. The molecule has 1 aromatic heterocycles. The number of aromatic nitrogens is 1. The predicted molar refractivity (Wildman–Crippen MR) is 492 cm³/mol. The fourth-order valence-corrected chi connectivity index (χ4v) is 17.5. The lowest BCUT2D eigenvalue weighted by atomic mass is 9.98. The molecule has 15 N–H and O–H groups in total. The van der Waals surface area contributed by atoms with E-state index in [4.69, 9.17) is 10.5 Å². The van der Waals surface area contributed by atoms with Gasteiger partial charge in [-0.2, -0.15) is 0 Å². The normalized spacial score (nSPS) is 23.6. The Kier molecular flexibility index (Phi) is 39.2. The van der Waals surface area contributed by atoms with Crippen LogP contribution in [0.5, 0.6) is 5.75 Å². The Balaban J connectivity index is 1.12. The van der Waals surface area contributed by atoms with E-state index >= 15 is 47.9 Å². The Labute approximate surface area is 776 Å². The zero-order chi connectivity index (χ0) is 96.9. The number of aryl methyl sites for hydroxylation is 1. The van der Waals surface area contributed by atoms with Crippen LogP contribution in [0.2, 0.25) is 0 Å². The lowest BCUT2D eigenvalue weighted by Crippen LogP contribution is -2.62. The number of carboxylic acids is 2. The van der Waals surface area contributed by atoms with E-state index in [-0.39, 0.29) is 121 Å². The molecule has 3 fully saturated rings. The molecular weight excluding hydrogens is 1740 g/mol. The number of hydrogen-bond donors (Lipinski definition) is 14. The largest absolute Gasteiger partial charge is 0.508 e. The van der Waals surface area contributed by atoms with Crippen molar-refractivity contribution >= 4 is 117 Å². The summed E-state index contributed by atoms with van der Waals surface area (Å²) in [5.74, 6) is -17.3. The molecule has 38 heteroatoms. The Hall–Kier alpha value is -12.8. The van der Waals surface area contributed by atoms with Crippen LogP contribution in [0.4, 0.5) is 4.39 Å². The van der Waals surface area contributed by atoms with Gasteiger partial charge in [-0.15, -0.1) is 11.8 Å². The van der Waals surface area contributed by atoms with Gasteiger partial charge in [-0.3, -0.25) is 82.0 Å². The molecule has 0 aliphatic carbocycles. The molecule has 14 amide bonds. The average molecular weight is 1860 g/mol. The van der Waals surface area contributed by atoms with E-state index in [1.54, 1.807) is 113 Å². The van der Waals surface area contributed by atoms with Crippen LogP contribution < -0.4 is 53.6 Å². The van der Waals surface area contributed by atoms with Crippen LogP contribution in [-0.4, -0.2) is 284 Å². The number of carbonyl (C=O) groups is 16. The summed E-state index contributed by atoms with van der Waals surface area (Å²) in [5, 5.41) is 56.6. The minimum atomic E-state index is -1.92. The monoisotopic (exact) mass is 1860 g/mol. The van der Waals surface area contributed by atoms with Crippen molar-refractivity contribution in [3.63, 3.8) is 0 Å². The van der Waals surface area contributed by atoms with Crippen LogP contribution in [-0.2, 0) is 114 Å². The van der Waals surface area contributed by atoms with E-state index in [1.807, 2.05) is 13.8 Å². The van der Waals surface area contributed by atoms with Gasteiger partial charge >= 0.3 is 11.9 Å². The van der Waals surface area contributed by atoms with Crippen molar-refractivity contribution in [2.75, 3.05) is 65.6 Å². The SMILES string of the molecule is CCCC[C@H]1C(=O)N2CCC[C@@H]2C(=O)N[C@@H](CC(=O)O)C(=O)N[C@@H](C(C)C)C(=O)N(C)[C@@H](Cc2ccc(C)cc2)C(=O)N[C@@H](CCC(=O)O)C(=O)N2CCC[C@@H]2C(=O)N[C@@H](Cc2c[nH]c3ccccc23)C(=O)N[C@@H](Cc2ccc(O)cc2)C(=O)N[C@@H](CC(C)C)C(=O)N[C@H](COCNCC(N)=O)CSCC(=O)N[C@@H](Cc2ccc(F)cc2)C(=O)N(C)C(Cc2ccccc2)C(=O)N1C. The Bertz CT molecular complexity index is 5070. The number of nitrogens with two attached hydrogens (primary N) is 1. The molecular formula is C95H125FN16O20S. The van der Waals surface area contributed by atoms with Gasteiger partial charge in [0.1, 0.15) is 84.1 Å². The number of benzene rings is 5. The summed E-state index contributed by atoms with van der Waals surface area (Å²) in [6, 6.07) is 14.3. The molecule has 4 heterocycles. The summed E-state index contributed by atoms with van der Waals surface area (Å²) in [7, 11) is 4.01. The standard InChI is InChI=1S/C95H125FN16O20S/c1-10-11-23-76-94(130)112-41-18-25-75(112)89(125)106-72(48-82(118)119)87(123)107-83(56(4)5)95(131)109(8)77(45-61-28-26-57(6)27-29-61)90(126)102-68(38-39-81(116)117)92(128)111-40-17-24-74(111)88(124)105-71(47-62-49-99-67-22-16-15-21-66(62)67)86(122)104-70(43-60-32-36-65(113)37-33-60)85(121)103-69(42-55(2)3)84(120)100-64(51-132-54-98-50-79(97)114)52-133-53-80(115)101-73(44-59-30-34-63(96)35-31-59)91(127)110(9)78(93(129)108(76)7)46-58-19-13-12-14-20-58/h12-16,19-22,26-37,49,55-56,64,68-78,83,98-99,113H,10-11,17-18,23-25,38-48,50-54H2,1-9H3,(H2,97,114)(H,100,120)(H,101,115)(H,102,126)(H,103,121)(H,104,122)(H,105,124)(H,106,125)(H,107,123)(H,116,117)(H,118,119)/t64-,68+,69+,70+,71+,72+,73+,74-,75-,76+,77+,78?,83+/m1/s1. The number of amides is 14. The first-order valence-electron chi connectivity index (χ1n) is 45.0. The van der Waals surface area contributed by atoms with Gasteiger partial charge in [0.15, 0.2) is 0 Å². The van der Waals surface area contributed by atoms with E-state index in [0.717, 1.165) is 32.0 Å². The fourth-order valence-electron chi connectivity index (χ4n) is 16.6. The molecule has 6 aromatic rings. The Morgan fingerprint density at radius 3 is 1.68 bits per heavy atom. The number of fused-ring (bicyclic) bond motifs is 3. The van der Waals surface area contributed by atoms with Crippen molar-refractivity contribution in [2.24, 2.45) is 17.6 Å². The first kappa shape index (κ1) is 104. The predicted octanol–water partition coefficient (Wildman–Crippen LogP) is 3.20. The fraction of sp³-hybridized carbons (Fsp3) is 0.495. The topological polar surface area (TPSA) is 509 Å². The van der Waals surface area contributed by atoms with Gasteiger partial charge in [-0.25, -0.2) is 4.39 Å². The maximum Gasteiger partial charge on any atom is 0.305 e. The highest BCUT2D eigenvalue weighted by atomic mass is 32.2. The molecule has 0 bridgehead atoms. The summed E-state index contributed by atoms with van der Waals surface area (Å²) in [6.45, 7) is 9.39. The van der Waals surface area contributed by atoms with Crippen LogP contribution >= 0.6 is 11.8 Å². The molecule has 0 saturated carbocycles. The van der Waals surface area contributed by atoms with Crippen LogP contribution in [0.1, 0.15) is 139 Å². The average Bonchev–Trinajstić information content (AvgIpc) is 1.76. The highest BCUT2D eigenvalue weighted by Crippen LogP contribution is 2.28. The number of aromatic hydroxyl groups is 1. The number of H-pyrrole nitrogens is 1. The number of phenolic OH excluding ortho intramolecular Hbond substituents is 1. The minimum Gasteiger partial charge on any atom is -0.508 e. The summed E-state index contributed by atoms with van der Waals surface area (Å²) in [4.78, 5) is 245. The second-order valence-electron chi connectivity index (χ2n) is 35.0. The molecule has 3 aliphatic heterocycles. The second-order valence-corrected chi connectivity index (χ2v) is 36.0. The van der Waals surface area contributed by atoms with Crippen molar-refractivity contribution in [3.05, 3.63) is 173 Å². The van der Waals surface area contributed by atoms with Crippen LogP contribution in [0.25, 0.3) is 10.9 Å². The smallest absolute Gasteiger partial charge is 0.305 e. The molecule has 0 radical (unpaired) electrons. The number of unbranched alkanes of at least 4 members (excludes halogenated alkanes) is 1. The Morgan fingerprint density at radius 1 is 0.534 bits per heavy atom. The number of aliphatic carboxylic acids is 2. The number of likely N-dealkylation sites (N-methyl/N-ethyl adjacent to an activating group) is 3. The van der Waals surface area contributed by atoms with Gasteiger partial charge in [-0.05, 0) is 122 Å². The Morgan fingerprint density at radius 2 is 1.06 bits per heavy atom. The number of carboxylic acid groups (broad SMARTS) is 2. The highest BCUT2D eigenvalue weighted by Gasteiger charge is 2.46. The van der Waals surface area contributed by atoms with Crippen LogP contribution in [0.15, 0.2) is 134 Å². The van der Waals surface area contributed by atoms with E-state index in [9.17, 15) is 48.5 Å². The second kappa shape index (κ2) is 50.1. The first-order chi connectivity index (χ1) is 63.4. The number of phenols is 1. The molecule has 133 heavy (non-hydrogen) atoms. The zero-order valence-electron chi connectivity index (χ0n) is 76.5. The number of hydrogen-bond acceptors (Lipinski definition) is 20. The number of nitrogens with one attached hydrogen (secondary N) is 10. The van der Waals surface area contributed by atoms with Gasteiger partial charge in [0.05, 0.1) is 38.1 Å². The number of thioether (sulfide) groups is 1. The van der Waals surface area contributed by atoms with Crippen molar-refractivity contribution in [1.82, 2.24) is 77.3 Å². The number of para-hydroxylation sites is 1. The van der Waals surface area contributed by atoms with Gasteiger partial charge in [0, 0.05) is 95.6 Å². The molecule has 3 saturated heterocycles. The van der Waals surface area contributed by atoms with Gasteiger partial charge in [0.2, 0.25) is 82.7 Å². The highest BCUT2D eigenvalue weighted by molar-refractivity contribution is 8.00. The molecule has 9 rings (SSSR count). The van der Waals surface area contributed by atoms with Gasteiger partial charge in [-0.1, -0.05) is 150 Å². The lowest BCUT2D eigenvalue weighted by molar-refractivity contribution is -0.152. The van der Waals surface area contributed by atoms with Crippen LogP contribution in [0.3, 0.4) is 0 Å². The van der Waals surface area contributed by atoms with E-state index in [0.29, 0.717) is 51.6 Å². The molecule has 718 valence electrons. The van der Waals surface area contributed by atoms with E-state index in [1.165, 1.54) is 79.5 Å². The number of carbonyl (C=O) groups excluding carboxylic acids is 14. The number of halogens is 1. The molecule has 3 aliphatic rings. The third-order valence-corrected chi connectivity index (χ3v) is 25.0. The number of rotatable bonds is 27. The maximum absolute atomic E-state index is 15.7. The molecule has 0 spiro atoms.